The van der Waals surface area contributed by atoms with Crippen LogP contribution in [0.5, 0.6) is 11.5 Å². The van der Waals surface area contributed by atoms with E-state index in [4.69, 9.17) is 14.2 Å². The standard InChI is InChI=1S/C21H25N3O8/c1-2-30-13-8-6-12(7-9-13)10-24-17-14(22-23-24)4-3-5-15(17)32-21(29)19(27)18(26)16(11-25)31-20(21)28/h3-9,16,18-20,25-29H,2,10-11H2,1H3/t16-,18-,19+,20?,21+/m1/s1. The van der Waals surface area contributed by atoms with E-state index in [1.165, 1.54) is 6.07 Å². The smallest absolute Gasteiger partial charge is 0.288 e. The van der Waals surface area contributed by atoms with E-state index in [-0.39, 0.29) is 5.75 Å². The number of ether oxygens (including phenoxy) is 3. The van der Waals surface area contributed by atoms with Gasteiger partial charge in [0, 0.05) is 0 Å². The highest BCUT2D eigenvalue weighted by molar-refractivity contribution is 5.81. The number of aliphatic hydroxyl groups is 5. The van der Waals surface area contributed by atoms with Gasteiger partial charge in [-0.1, -0.05) is 23.4 Å². The molecule has 1 aromatic heterocycles. The lowest BCUT2D eigenvalue weighted by atomic mass is 9.96. The Kier molecular flexibility index (Phi) is 6.29. The second-order valence-corrected chi connectivity index (χ2v) is 7.45. The maximum atomic E-state index is 10.9. The summed E-state index contributed by atoms with van der Waals surface area (Å²) in [4.78, 5) is 0. The number of aromatic nitrogens is 3. The van der Waals surface area contributed by atoms with Crippen LogP contribution in [0.15, 0.2) is 42.5 Å². The molecule has 11 nitrogen and oxygen atoms in total. The number of nitrogens with zero attached hydrogens (tertiary/aromatic N) is 3. The van der Waals surface area contributed by atoms with Crippen molar-refractivity contribution in [3.63, 3.8) is 0 Å². The van der Waals surface area contributed by atoms with E-state index in [0.717, 1.165) is 11.3 Å². The van der Waals surface area contributed by atoms with Gasteiger partial charge >= 0.3 is 0 Å². The van der Waals surface area contributed by atoms with Crippen molar-refractivity contribution in [3.8, 4) is 11.5 Å². The summed E-state index contributed by atoms with van der Waals surface area (Å²) in [6.07, 6.45) is -6.98. The average molecular weight is 447 g/mol. The van der Waals surface area contributed by atoms with E-state index >= 15 is 0 Å². The van der Waals surface area contributed by atoms with E-state index in [9.17, 15) is 25.5 Å². The van der Waals surface area contributed by atoms with Crippen molar-refractivity contribution in [3.05, 3.63) is 48.0 Å². The predicted molar refractivity (Wildman–Crippen MR) is 110 cm³/mol. The fraction of sp³-hybridized carbons (Fsp3) is 0.429. The van der Waals surface area contributed by atoms with E-state index in [0.29, 0.717) is 24.2 Å². The molecule has 2 aromatic carbocycles. The van der Waals surface area contributed by atoms with Gasteiger partial charge in [0.1, 0.15) is 29.0 Å². The molecule has 172 valence electrons. The van der Waals surface area contributed by atoms with Crippen LogP contribution >= 0.6 is 0 Å². The van der Waals surface area contributed by atoms with E-state index in [1.54, 1.807) is 16.8 Å². The minimum atomic E-state index is -2.70. The second-order valence-electron chi connectivity index (χ2n) is 7.45. The molecule has 32 heavy (non-hydrogen) atoms. The summed E-state index contributed by atoms with van der Waals surface area (Å²) in [6.45, 7) is 2.11. The molecule has 1 aliphatic rings. The lowest BCUT2D eigenvalue weighted by Gasteiger charge is -2.45. The van der Waals surface area contributed by atoms with Crippen LogP contribution in [0, 0.1) is 0 Å². The Hall–Kier alpha value is -2.80. The molecule has 5 atom stereocenters. The van der Waals surface area contributed by atoms with Crippen LogP contribution in [0.1, 0.15) is 12.5 Å². The molecule has 5 N–H and O–H groups in total. The van der Waals surface area contributed by atoms with Crippen LogP contribution < -0.4 is 9.47 Å². The van der Waals surface area contributed by atoms with Crippen molar-refractivity contribution in [2.45, 2.75) is 43.9 Å². The minimum Gasteiger partial charge on any atom is -0.494 e. The molecule has 1 unspecified atom stereocenters. The number of fused-ring (bicyclic) bond motifs is 1. The average Bonchev–Trinajstić information content (AvgIpc) is 3.20. The van der Waals surface area contributed by atoms with Crippen LogP contribution in [-0.2, 0) is 11.3 Å². The normalized spacial score (nSPS) is 28.1. The Labute approximate surface area is 183 Å². The number of hydrogen-bond acceptors (Lipinski definition) is 10. The van der Waals surface area contributed by atoms with E-state index in [2.05, 4.69) is 10.3 Å². The van der Waals surface area contributed by atoms with Gasteiger partial charge in [-0.05, 0) is 36.8 Å². The van der Waals surface area contributed by atoms with Crippen molar-refractivity contribution >= 4 is 11.0 Å². The molecule has 0 bridgehead atoms. The Bertz CT molecular complexity index is 1060. The molecule has 3 aromatic rings. The molecule has 11 heteroatoms. The Balaban J connectivity index is 1.64. The summed E-state index contributed by atoms with van der Waals surface area (Å²) in [7, 11) is 0. The molecule has 1 saturated heterocycles. The monoisotopic (exact) mass is 447 g/mol. The quantitative estimate of drug-likeness (QED) is 0.295. The number of para-hydroxylation sites is 1. The highest BCUT2D eigenvalue weighted by Gasteiger charge is 2.57. The first-order valence-electron chi connectivity index (χ1n) is 10.1. The van der Waals surface area contributed by atoms with Crippen LogP contribution in [0.3, 0.4) is 0 Å². The third-order valence-corrected chi connectivity index (χ3v) is 5.30. The highest BCUT2D eigenvalue weighted by atomic mass is 16.7. The largest absolute Gasteiger partial charge is 0.494 e. The topological polar surface area (TPSA) is 160 Å². The van der Waals surface area contributed by atoms with Crippen molar-refractivity contribution < 1.29 is 39.7 Å². The van der Waals surface area contributed by atoms with Gasteiger partial charge in [0.05, 0.1) is 19.8 Å². The maximum Gasteiger partial charge on any atom is 0.288 e. The van der Waals surface area contributed by atoms with Gasteiger partial charge in [0.25, 0.3) is 5.79 Å². The molecule has 0 saturated carbocycles. The van der Waals surface area contributed by atoms with Gasteiger partial charge in [-0.2, -0.15) is 0 Å². The van der Waals surface area contributed by atoms with Gasteiger partial charge in [-0.15, -0.1) is 5.10 Å². The van der Waals surface area contributed by atoms with E-state index < -0.39 is 37.0 Å². The zero-order chi connectivity index (χ0) is 22.9. The zero-order valence-corrected chi connectivity index (χ0v) is 17.3. The Morgan fingerprint density at radius 1 is 1.12 bits per heavy atom. The summed E-state index contributed by atoms with van der Waals surface area (Å²) in [5, 5.41) is 59.1. The van der Waals surface area contributed by atoms with Crippen molar-refractivity contribution in [2.75, 3.05) is 13.2 Å². The molecule has 1 aliphatic heterocycles. The number of aliphatic hydroxyl groups excluding tert-OH is 4. The van der Waals surface area contributed by atoms with Crippen LogP contribution in [0.4, 0.5) is 0 Å². The van der Waals surface area contributed by atoms with Crippen LogP contribution in [-0.4, -0.2) is 84.1 Å². The SMILES string of the molecule is CCOc1ccc(Cn2nnc3cccc(O[C@]4(O)C(O)O[C@H](CO)[C@@H](O)[C@@H]4O)c32)cc1. The van der Waals surface area contributed by atoms with Crippen LogP contribution in [0.25, 0.3) is 11.0 Å². The first-order valence-corrected chi connectivity index (χ1v) is 10.1. The van der Waals surface area contributed by atoms with Crippen molar-refractivity contribution in [1.82, 2.24) is 15.0 Å². The molecular formula is C21H25N3O8. The third kappa shape index (κ3) is 4.01. The molecule has 0 spiro atoms. The first kappa shape index (κ1) is 22.4. The molecule has 0 amide bonds. The van der Waals surface area contributed by atoms with Gasteiger partial charge in [0.15, 0.2) is 11.9 Å². The summed E-state index contributed by atoms with van der Waals surface area (Å²) in [5.74, 6) is -1.91. The van der Waals surface area contributed by atoms with Crippen molar-refractivity contribution in [1.29, 1.82) is 0 Å². The summed E-state index contributed by atoms with van der Waals surface area (Å²) in [5.41, 5.74) is 1.75. The lowest BCUT2D eigenvalue weighted by Crippen LogP contribution is -2.69. The number of hydrogen-bond donors (Lipinski definition) is 5. The molecular weight excluding hydrogens is 422 g/mol. The fourth-order valence-electron chi connectivity index (χ4n) is 3.60. The molecule has 2 heterocycles. The van der Waals surface area contributed by atoms with Crippen LogP contribution in [0.2, 0.25) is 0 Å². The summed E-state index contributed by atoms with van der Waals surface area (Å²) >= 11 is 0. The maximum absolute atomic E-state index is 10.9. The molecule has 4 rings (SSSR count). The second kappa shape index (κ2) is 8.98. The minimum absolute atomic E-state index is 0.0530. The van der Waals surface area contributed by atoms with Gasteiger partial charge in [-0.3, -0.25) is 0 Å². The third-order valence-electron chi connectivity index (χ3n) is 5.30. The lowest BCUT2D eigenvalue weighted by molar-refractivity contribution is -0.385. The molecule has 0 radical (unpaired) electrons. The van der Waals surface area contributed by atoms with Gasteiger partial charge in [-0.25, -0.2) is 4.68 Å². The van der Waals surface area contributed by atoms with Gasteiger partial charge < -0.3 is 39.7 Å². The fourth-order valence-corrected chi connectivity index (χ4v) is 3.60. The number of benzene rings is 2. The Morgan fingerprint density at radius 2 is 1.88 bits per heavy atom. The van der Waals surface area contributed by atoms with E-state index in [1.807, 2.05) is 31.2 Å². The predicted octanol–water partition coefficient (Wildman–Crippen LogP) is -0.623. The number of rotatable bonds is 7. The van der Waals surface area contributed by atoms with Crippen molar-refractivity contribution in [2.24, 2.45) is 0 Å². The Morgan fingerprint density at radius 3 is 2.56 bits per heavy atom. The highest BCUT2D eigenvalue weighted by Crippen LogP contribution is 2.34. The summed E-state index contributed by atoms with van der Waals surface area (Å²) in [6, 6.07) is 12.2. The summed E-state index contributed by atoms with van der Waals surface area (Å²) < 4.78 is 17.6. The zero-order valence-electron chi connectivity index (χ0n) is 17.3. The first-order chi connectivity index (χ1) is 15.4. The van der Waals surface area contributed by atoms with Gasteiger partial charge in [0.2, 0.25) is 6.29 Å². The molecule has 1 fully saturated rings. The molecule has 0 aliphatic carbocycles.